The minimum absolute atomic E-state index is 0.0248. The van der Waals surface area contributed by atoms with Gasteiger partial charge < -0.3 is 10.5 Å². The highest BCUT2D eigenvalue weighted by molar-refractivity contribution is 6.32. The van der Waals surface area contributed by atoms with Gasteiger partial charge in [-0.3, -0.25) is 10.1 Å². The molecular formula is C10H10ClN3O3. The molecule has 0 aromatic heterocycles. The van der Waals surface area contributed by atoms with E-state index in [1.54, 1.807) is 0 Å². The second-order valence-electron chi connectivity index (χ2n) is 3.69. The maximum Gasteiger partial charge on any atom is 0.288 e. The molecule has 0 heterocycles. The molecule has 7 heteroatoms. The molecule has 0 radical (unpaired) electrons. The summed E-state index contributed by atoms with van der Waals surface area (Å²) in [5, 5.41) is 19.2. The van der Waals surface area contributed by atoms with Crippen LogP contribution in [0.4, 0.5) is 5.69 Å². The summed E-state index contributed by atoms with van der Waals surface area (Å²) in [5.74, 6) is 0.326. The Morgan fingerprint density at radius 1 is 1.71 bits per heavy atom. The molecule has 0 amide bonds. The van der Waals surface area contributed by atoms with Crippen molar-refractivity contribution < 1.29 is 9.66 Å². The lowest BCUT2D eigenvalue weighted by molar-refractivity contribution is -0.384. The van der Waals surface area contributed by atoms with Crippen LogP contribution in [0, 0.1) is 21.4 Å². The Balaban J connectivity index is 2.79. The number of nitro groups is 1. The van der Waals surface area contributed by atoms with Crippen LogP contribution in [-0.2, 0) is 0 Å². The van der Waals surface area contributed by atoms with Crippen LogP contribution in [0.5, 0.6) is 5.75 Å². The molecule has 1 atom stereocenters. The number of benzene rings is 1. The van der Waals surface area contributed by atoms with Crippen LogP contribution in [0.15, 0.2) is 18.2 Å². The van der Waals surface area contributed by atoms with Crippen molar-refractivity contribution in [3.05, 3.63) is 33.3 Å². The van der Waals surface area contributed by atoms with Gasteiger partial charge in [0.15, 0.2) is 0 Å². The first kappa shape index (κ1) is 13.2. The SMILES string of the molecule is CC(N)(C#N)COc1ccc([N+](=O)[O-])c(Cl)c1. The number of hydrogen-bond acceptors (Lipinski definition) is 5. The third-order valence-electron chi connectivity index (χ3n) is 1.91. The Kier molecular flexibility index (Phi) is 3.89. The molecule has 1 unspecified atom stereocenters. The van der Waals surface area contributed by atoms with E-state index in [0.717, 1.165) is 0 Å². The summed E-state index contributed by atoms with van der Waals surface area (Å²) in [6, 6.07) is 5.81. The first-order chi connectivity index (χ1) is 7.85. The van der Waals surface area contributed by atoms with Gasteiger partial charge in [0, 0.05) is 12.1 Å². The topological polar surface area (TPSA) is 102 Å². The fourth-order valence-corrected chi connectivity index (χ4v) is 1.23. The second kappa shape index (κ2) is 4.99. The van der Waals surface area contributed by atoms with Gasteiger partial charge in [-0.25, -0.2) is 0 Å². The molecule has 0 aliphatic carbocycles. The molecule has 2 N–H and O–H groups in total. The summed E-state index contributed by atoms with van der Waals surface area (Å²) in [7, 11) is 0. The highest BCUT2D eigenvalue weighted by Crippen LogP contribution is 2.28. The molecule has 17 heavy (non-hydrogen) atoms. The van der Waals surface area contributed by atoms with Crippen molar-refractivity contribution in [1.29, 1.82) is 5.26 Å². The monoisotopic (exact) mass is 255 g/mol. The van der Waals surface area contributed by atoms with E-state index in [1.807, 2.05) is 6.07 Å². The smallest absolute Gasteiger partial charge is 0.288 e. The molecule has 0 saturated carbocycles. The van der Waals surface area contributed by atoms with E-state index in [9.17, 15) is 10.1 Å². The lowest BCUT2D eigenvalue weighted by Gasteiger charge is -2.16. The minimum atomic E-state index is -1.12. The molecule has 0 aliphatic rings. The zero-order valence-corrected chi connectivity index (χ0v) is 9.77. The van der Waals surface area contributed by atoms with Crippen molar-refractivity contribution in [1.82, 2.24) is 0 Å². The number of halogens is 1. The largest absolute Gasteiger partial charge is 0.490 e. The number of nitrogens with two attached hydrogens (primary N) is 1. The quantitative estimate of drug-likeness (QED) is 0.653. The fourth-order valence-electron chi connectivity index (χ4n) is 0.991. The van der Waals surface area contributed by atoms with Crippen molar-refractivity contribution >= 4 is 17.3 Å². The molecule has 0 aliphatic heterocycles. The van der Waals surface area contributed by atoms with Crippen molar-refractivity contribution in [2.24, 2.45) is 5.73 Å². The standard InChI is InChI=1S/C10H10ClN3O3/c1-10(13,5-12)6-17-7-2-3-9(14(15)16)8(11)4-7/h2-4H,6,13H2,1H3. The van der Waals surface area contributed by atoms with Crippen LogP contribution in [-0.4, -0.2) is 17.1 Å². The van der Waals surface area contributed by atoms with E-state index in [0.29, 0.717) is 5.75 Å². The Morgan fingerprint density at radius 2 is 2.35 bits per heavy atom. The number of hydrogen-bond donors (Lipinski definition) is 1. The highest BCUT2D eigenvalue weighted by Gasteiger charge is 2.19. The summed E-state index contributed by atoms with van der Waals surface area (Å²) in [6.07, 6.45) is 0. The first-order valence-electron chi connectivity index (χ1n) is 4.62. The lowest BCUT2D eigenvalue weighted by atomic mass is 10.1. The average Bonchev–Trinajstić information content (AvgIpc) is 2.26. The molecule has 0 saturated heterocycles. The van der Waals surface area contributed by atoms with Gasteiger partial charge in [0.05, 0.1) is 11.0 Å². The predicted molar refractivity (Wildman–Crippen MR) is 61.8 cm³/mol. The maximum absolute atomic E-state index is 10.5. The van der Waals surface area contributed by atoms with Crippen LogP contribution < -0.4 is 10.5 Å². The van der Waals surface area contributed by atoms with Gasteiger partial charge in [0.2, 0.25) is 0 Å². The van der Waals surface area contributed by atoms with Crippen molar-refractivity contribution in [3.63, 3.8) is 0 Å². The van der Waals surface area contributed by atoms with Crippen LogP contribution in [0.1, 0.15) is 6.92 Å². The van der Waals surface area contributed by atoms with E-state index in [1.165, 1.54) is 25.1 Å². The maximum atomic E-state index is 10.5. The van der Waals surface area contributed by atoms with Crippen LogP contribution in [0.25, 0.3) is 0 Å². The van der Waals surface area contributed by atoms with Gasteiger partial charge in [-0.2, -0.15) is 5.26 Å². The van der Waals surface area contributed by atoms with Crippen LogP contribution in [0.2, 0.25) is 5.02 Å². The van der Waals surface area contributed by atoms with E-state index in [-0.39, 0.29) is 17.3 Å². The first-order valence-corrected chi connectivity index (χ1v) is 5.00. The van der Waals surface area contributed by atoms with Gasteiger partial charge >= 0.3 is 0 Å². The third-order valence-corrected chi connectivity index (χ3v) is 2.21. The Morgan fingerprint density at radius 3 is 2.82 bits per heavy atom. The van der Waals surface area contributed by atoms with Gasteiger partial charge in [-0.15, -0.1) is 0 Å². The molecule has 0 bridgehead atoms. The van der Waals surface area contributed by atoms with Gasteiger partial charge in [0.25, 0.3) is 5.69 Å². The zero-order valence-electron chi connectivity index (χ0n) is 9.01. The number of nitrogens with zero attached hydrogens (tertiary/aromatic N) is 2. The summed E-state index contributed by atoms with van der Waals surface area (Å²) in [5.41, 5.74) is 4.24. The minimum Gasteiger partial charge on any atom is -0.490 e. The van der Waals surface area contributed by atoms with E-state index in [2.05, 4.69) is 0 Å². The van der Waals surface area contributed by atoms with Crippen molar-refractivity contribution in [2.45, 2.75) is 12.5 Å². The second-order valence-corrected chi connectivity index (χ2v) is 4.10. The molecular weight excluding hydrogens is 246 g/mol. The van der Waals surface area contributed by atoms with E-state index >= 15 is 0 Å². The molecule has 0 spiro atoms. The van der Waals surface area contributed by atoms with Gasteiger partial charge in [-0.05, 0) is 13.0 Å². The molecule has 1 aromatic rings. The normalized spacial score (nSPS) is 13.5. The molecule has 1 rings (SSSR count). The number of ether oxygens (including phenoxy) is 1. The number of nitriles is 1. The van der Waals surface area contributed by atoms with Crippen molar-refractivity contribution in [3.8, 4) is 11.8 Å². The van der Waals surface area contributed by atoms with E-state index in [4.69, 9.17) is 27.3 Å². The van der Waals surface area contributed by atoms with Crippen LogP contribution >= 0.6 is 11.6 Å². The fraction of sp³-hybridized carbons (Fsp3) is 0.300. The summed E-state index contributed by atoms with van der Waals surface area (Å²) < 4.78 is 5.22. The van der Waals surface area contributed by atoms with Gasteiger partial charge in [0.1, 0.15) is 22.9 Å². The van der Waals surface area contributed by atoms with Crippen molar-refractivity contribution in [2.75, 3.05) is 6.61 Å². The zero-order chi connectivity index (χ0) is 13.1. The van der Waals surface area contributed by atoms with E-state index < -0.39 is 10.5 Å². The lowest BCUT2D eigenvalue weighted by Crippen LogP contribution is -2.40. The molecule has 6 nitrogen and oxygen atoms in total. The summed E-state index contributed by atoms with van der Waals surface area (Å²) in [4.78, 5) is 9.92. The van der Waals surface area contributed by atoms with Gasteiger partial charge in [-0.1, -0.05) is 11.6 Å². The van der Waals surface area contributed by atoms with Crippen LogP contribution in [0.3, 0.4) is 0 Å². The Hall–Kier alpha value is -1.84. The Bertz CT molecular complexity index is 482. The highest BCUT2D eigenvalue weighted by atomic mass is 35.5. The predicted octanol–water partition coefficient (Wildman–Crippen LogP) is 1.87. The molecule has 1 aromatic carbocycles. The third kappa shape index (κ3) is 3.59. The average molecular weight is 256 g/mol. The summed E-state index contributed by atoms with van der Waals surface area (Å²) in [6.45, 7) is 1.48. The summed E-state index contributed by atoms with van der Waals surface area (Å²) >= 11 is 5.69. The number of rotatable bonds is 4. The number of nitro benzene ring substituents is 1. The molecule has 0 fully saturated rings. The Labute approximate surface area is 103 Å². The molecule has 90 valence electrons.